The summed E-state index contributed by atoms with van der Waals surface area (Å²) in [7, 11) is 0. The first-order valence-electron chi connectivity index (χ1n) is 12.2. The molecular formula is C28H27F6N3O2. The Balaban J connectivity index is 1.93. The molecule has 3 rings (SSSR count). The van der Waals surface area contributed by atoms with Crippen LogP contribution in [0.15, 0.2) is 72.9 Å². The zero-order valence-corrected chi connectivity index (χ0v) is 21.0. The number of pyridine rings is 1. The quantitative estimate of drug-likeness (QED) is 0.297. The van der Waals surface area contributed by atoms with E-state index in [9.17, 15) is 35.9 Å². The lowest BCUT2D eigenvalue weighted by molar-refractivity contribution is -0.143. The summed E-state index contributed by atoms with van der Waals surface area (Å²) in [5.74, 6) is -1.40. The largest absolute Gasteiger partial charge is 0.416 e. The second kappa shape index (κ2) is 12.8. The Kier molecular flexibility index (Phi) is 9.71. The molecule has 0 aliphatic rings. The fourth-order valence-corrected chi connectivity index (χ4v) is 4.13. The number of amides is 2. The van der Waals surface area contributed by atoms with E-state index in [0.29, 0.717) is 18.6 Å². The van der Waals surface area contributed by atoms with Crippen LogP contribution in [0.1, 0.15) is 57.3 Å². The number of carbonyl (C=O) groups excluding carboxylic acids is 2. The highest BCUT2D eigenvalue weighted by atomic mass is 19.4. The molecule has 0 bridgehead atoms. The van der Waals surface area contributed by atoms with E-state index in [0.717, 1.165) is 5.56 Å². The van der Waals surface area contributed by atoms with Gasteiger partial charge < -0.3 is 10.2 Å². The predicted octanol–water partition coefficient (Wildman–Crippen LogP) is 6.40. The maximum atomic E-state index is 13.5. The summed E-state index contributed by atoms with van der Waals surface area (Å²) in [5, 5.41) is 2.71. The number of benzene rings is 2. The van der Waals surface area contributed by atoms with Crippen molar-refractivity contribution in [3.63, 3.8) is 0 Å². The second-order valence-electron chi connectivity index (χ2n) is 8.90. The van der Waals surface area contributed by atoms with Crippen LogP contribution in [0, 0.1) is 0 Å². The van der Waals surface area contributed by atoms with Gasteiger partial charge in [0.2, 0.25) is 0 Å². The van der Waals surface area contributed by atoms with Crippen molar-refractivity contribution >= 4 is 11.8 Å². The Morgan fingerprint density at radius 3 is 2.05 bits per heavy atom. The van der Waals surface area contributed by atoms with Gasteiger partial charge in [-0.3, -0.25) is 14.6 Å². The van der Waals surface area contributed by atoms with Crippen LogP contribution in [-0.2, 0) is 18.8 Å². The van der Waals surface area contributed by atoms with Gasteiger partial charge >= 0.3 is 12.4 Å². The van der Waals surface area contributed by atoms with Crippen LogP contribution < -0.4 is 5.32 Å². The minimum absolute atomic E-state index is 0.00442. The highest BCUT2D eigenvalue weighted by Gasteiger charge is 2.38. The first-order valence-corrected chi connectivity index (χ1v) is 12.2. The van der Waals surface area contributed by atoms with Crippen LogP contribution in [0.3, 0.4) is 0 Å². The van der Waals surface area contributed by atoms with E-state index in [1.54, 1.807) is 49.4 Å². The van der Waals surface area contributed by atoms with E-state index in [1.165, 1.54) is 17.2 Å². The van der Waals surface area contributed by atoms with Crippen molar-refractivity contribution in [1.29, 1.82) is 0 Å². The zero-order valence-electron chi connectivity index (χ0n) is 21.0. The fourth-order valence-electron chi connectivity index (χ4n) is 4.13. The summed E-state index contributed by atoms with van der Waals surface area (Å²) in [6.07, 6.45) is -7.82. The van der Waals surface area contributed by atoms with Crippen molar-refractivity contribution < 1.29 is 35.9 Å². The van der Waals surface area contributed by atoms with Gasteiger partial charge in [0.1, 0.15) is 5.69 Å². The normalized spacial score (nSPS) is 12.6. The van der Waals surface area contributed by atoms with Crippen molar-refractivity contribution in [3.05, 3.63) is 101 Å². The van der Waals surface area contributed by atoms with Crippen LogP contribution >= 0.6 is 0 Å². The second-order valence-corrected chi connectivity index (χ2v) is 8.90. The van der Waals surface area contributed by atoms with E-state index in [-0.39, 0.29) is 37.7 Å². The summed E-state index contributed by atoms with van der Waals surface area (Å²) in [4.78, 5) is 31.2. The first kappa shape index (κ1) is 29.7. The van der Waals surface area contributed by atoms with Crippen molar-refractivity contribution in [2.24, 2.45) is 0 Å². The van der Waals surface area contributed by atoms with Gasteiger partial charge in [-0.1, -0.05) is 43.3 Å². The molecule has 0 aliphatic carbocycles. The molecule has 5 nitrogen and oxygen atoms in total. The van der Waals surface area contributed by atoms with Crippen LogP contribution in [0.4, 0.5) is 26.3 Å². The molecule has 1 unspecified atom stereocenters. The number of alkyl halides is 6. The molecule has 3 aromatic rings. The third kappa shape index (κ3) is 8.30. The van der Waals surface area contributed by atoms with E-state index in [2.05, 4.69) is 10.3 Å². The fraction of sp³-hybridized carbons (Fsp3) is 0.321. The van der Waals surface area contributed by atoms with Crippen LogP contribution in [-0.4, -0.2) is 40.8 Å². The molecule has 2 aromatic carbocycles. The van der Waals surface area contributed by atoms with Gasteiger partial charge in [-0.15, -0.1) is 0 Å². The molecule has 1 aromatic heterocycles. The maximum absolute atomic E-state index is 13.5. The average Bonchev–Trinajstić information content (AvgIpc) is 2.90. The monoisotopic (exact) mass is 551 g/mol. The molecule has 0 saturated heterocycles. The Hall–Kier alpha value is -3.89. The molecule has 1 atom stereocenters. The van der Waals surface area contributed by atoms with Crippen molar-refractivity contribution in [3.8, 4) is 0 Å². The third-order valence-corrected chi connectivity index (χ3v) is 5.98. The molecule has 2 amide bonds. The van der Waals surface area contributed by atoms with Gasteiger partial charge in [0, 0.05) is 30.9 Å². The van der Waals surface area contributed by atoms with Gasteiger partial charge in [-0.05, 0) is 55.2 Å². The third-order valence-electron chi connectivity index (χ3n) is 5.98. The highest BCUT2D eigenvalue weighted by Crippen LogP contribution is 2.36. The van der Waals surface area contributed by atoms with E-state index < -0.39 is 46.9 Å². The standard InChI is InChI=1S/C28H27F6N3O2/c1-2-14-37(26(39)20-16-21(27(29,30)31)18-22(17-20)28(32,33)34)23(15-19-8-4-3-5-9-19)11-13-36-25(38)24-10-6-7-12-35-24/h3-10,12,16-18,23H,2,11,13-15H2,1H3,(H,36,38). The van der Waals surface area contributed by atoms with E-state index >= 15 is 0 Å². The number of hydrogen-bond donors (Lipinski definition) is 1. The minimum Gasteiger partial charge on any atom is -0.351 e. The molecular weight excluding hydrogens is 524 g/mol. The molecule has 208 valence electrons. The Labute approximate surface area is 221 Å². The SMILES string of the molecule is CCCN(C(=O)c1cc(C(F)(F)F)cc(C(F)(F)F)c1)C(CCNC(=O)c1ccccn1)Cc1ccccc1. The Morgan fingerprint density at radius 1 is 0.897 bits per heavy atom. The zero-order chi connectivity index (χ0) is 28.6. The summed E-state index contributed by atoms with van der Waals surface area (Å²) >= 11 is 0. The van der Waals surface area contributed by atoms with Crippen molar-refractivity contribution in [2.45, 2.75) is 44.6 Å². The van der Waals surface area contributed by atoms with Crippen molar-refractivity contribution in [2.75, 3.05) is 13.1 Å². The molecule has 0 spiro atoms. The summed E-state index contributed by atoms with van der Waals surface area (Å²) in [6, 6.07) is 14.0. The highest BCUT2D eigenvalue weighted by molar-refractivity contribution is 5.95. The van der Waals surface area contributed by atoms with Gasteiger partial charge in [-0.25, -0.2) is 0 Å². The lowest BCUT2D eigenvalue weighted by Crippen LogP contribution is -2.44. The molecule has 39 heavy (non-hydrogen) atoms. The summed E-state index contributed by atoms with van der Waals surface area (Å²) < 4.78 is 80.6. The lowest BCUT2D eigenvalue weighted by Gasteiger charge is -2.32. The molecule has 0 fully saturated rings. The number of halogens is 6. The molecule has 0 aliphatic heterocycles. The summed E-state index contributed by atoms with van der Waals surface area (Å²) in [5.41, 5.74) is -2.82. The lowest BCUT2D eigenvalue weighted by atomic mass is 9.98. The Bertz CT molecular complexity index is 1220. The average molecular weight is 552 g/mol. The van der Waals surface area contributed by atoms with Gasteiger partial charge in [-0.2, -0.15) is 26.3 Å². The topological polar surface area (TPSA) is 62.3 Å². The van der Waals surface area contributed by atoms with Crippen LogP contribution in [0.2, 0.25) is 0 Å². The number of rotatable bonds is 10. The van der Waals surface area contributed by atoms with E-state index in [4.69, 9.17) is 0 Å². The number of aromatic nitrogens is 1. The van der Waals surface area contributed by atoms with Gasteiger partial charge in [0.05, 0.1) is 11.1 Å². The van der Waals surface area contributed by atoms with Gasteiger partial charge in [0.15, 0.2) is 0 Å². The maximum Gasteiger partial charge on any atom is 0.416 e. The first-order chi connectivity index (χ1) is 18.4. The number of nitrogens with zero attached hydrogens (tertiary/aromatic N) is 2. The van der Waals surface area contributed by atoms with Gasteiger partial charge in [0.25, 0.3) is 11.8 Å². The van der Waals surface area contributed by atoms with E-state index in [1.807, 2.05) is 0 Å². The molecule has 1 heterocycles. The number of hydrogen-bond acceptors (Lipinski definition) is 3. The minimum atomic E-state index is -5.08. The van der Waals surface area contributed by atoms with Crippen molar-refractivity contribution in [1.82, 2.24) is 15.2 Å². The molecule has 0 saturated carbocycles. The summed E-state index contributed by atoms with van der Waals surface area (Å²) in [6.45, 7) is 1.93. The number of nitrogens with one attached hydrogen (secondary N) is 1. The Morgan fingerprint density at radius 2 is 1.51 bits per heavy atom. The number of carbonyl (C=O) groups is 2. The molecule has 0 radical (unpaired) electrons. The van der Waals surface area contributed by atoms with Crippen LogP contribution in [0.25, 0.3) is 0 Å². The predicted molar refractivity (Wildman–Crippen MR) is 133 cm³/mol. The van der Waals surface area contributed by atoms with Crippen LogP contribution in [0.5, 0.6) is 0 Å². The smallest absolute Gasteiger partial charge is 0.351 e. The molecule has 11 heteroatoms. The molecule has 1 N–H and O–H groups in total.